The molecule has 4 N–H and O–H groups in total. The van der Waals surface area contributed by atoms with Crippen molar-refractivity contribution in [3.05, 3.63) is 41.7 Å². The molecule has 1 heterocycles. The van der Waals surface area contributed by atoms with Crippen LogP contribution in [0.4, 0.5) is 10.1 Å². The van der Waals surface area contributed by atoms with Gasteiger partial charge in [-0.05, 0) is 25.5 Å². The summed E-state index contributed by atoms with van der Waals surface area (Å²) < 4.78 is 41.1. The van der Waals surface area contributed by atoms with Gasteiger partial charge < -0.3 is 10.7 Å². The number of aromatic nitrogens is 2. The second kappa shape index (κ2) is 5.82. The zero-order valence-electron chi connectivity index (χ0n) is 11.7. The maximum atomic E-state index is 13.7. The van der Waals surface area contributed by atoms with Crippen LogP contribution in [0.2, 0.25) is 0 Å². The van der Waals surface area contributed by atoms with E-state index >= 15 is 0 Å². The second-order valence-electron chi connectivity index (χ2n) is 4.68. The standard InChI is InChI=1S/C13H17FN4O2S/c1-3-11(13-16-4-5-17-13)18-21(19,20)12-7-9(15)6-10(14)8(12)2/h4-7,11,18H,3,15H2,1-2H3,(H,16,17). The van der Waals surface area contributed by atoms with E-state index in [0.29, 0.717) is 12.2 Å². The van der Waals surface area contributed by atoms with Crippen LogP contribution in [-0.4, -0.2) is 18.4 Å². The van der Waals surface area contributed by atoms with Gasteiger partial charge in [-0.15, -0.1) is 0 Å². The van der Waals surface area contributed by atoms with Gasteiger partial charge in [0.1, 0.15) is 11.6 Å². The molecular formula is C13H17FN4O2S. The van der Waals surface area contributed by atoms with Gasteiger partial charge in [-0.1, -0.05) is 6.92 Å². The quantitative estimate of drug-likeness (QED) is 0.734. The molecule has 0 aliphatic heterocycles. The van der Waals surface area contributed by atoms with E-state index in [-0.39, 0.29) is 16.1 Å². The number of nitrogens with one attached hydrogen (secondary N) is 2. The monoisotopic (exact) mass is 312 g/mol. The Morgan fingerprint density at radius 2 is 2.19 bits per heavy atom. The largest absolute Gasteiger partial charge is 0.399 e. The molecule has 0 spiro atoms. The number of hydrogen-bond acceptors (Lipinski definition) is 4. The Hall–Kier alpha value is -1.93. The van der Waals surface area contributed by atoms with Crippen LogP contribution in [0.15, 0.2) is 29.4 Å². The molecule has 2 rings (SSSR count). The first-order chi connectivity index (χ1) is 9.85. The lowest BCUT2D eigenvalue weighted by atomic mass is 10.2. The summed E-state index contributed by atoms with van der Waals surface area (Å²) in [6.07, 6.45) is 3.64. The number of aromatic amines is 1. The van der Waals surface area contributed by atoms with E-state index in [1.807, 2.05) is 6.92 Å². The molecule has 0 amide bonds. The third-order valence-corrected chi connectivity index (χ3v) is 4.76. The molecule has 6 nitrogen and oxygen atoms in total. The first kappa shape index (κ1) is 15.5. The lowest BCUT2D eigenvalue weighted by Crippen LogP contribution is -2.29. The lowest BCUT2D eigenvalue weighted by Gasteiger charge is -2.16. The average molecular weight is 312 g/mol. The van der Waals surface area contributed by atoms with Gasteiger partial charge in [-0.3, -0.25) is 0 Å². The molecular weight excluding hydrogens is 295 g/mol. The molecule has 0 aliphatic carbocycles. The highest BCUT2D eigenvalue weighted by Gasteiger charge is 2.24. The van der Waals surface area contributed by atoms with Crippen LogP contribution in [0.5, 0.6) is 0 Å². The fourth-order valence-electron chi connectivity index (χ4n) is 2.00. The van der Waals surface area contributed by atoms with E-state index in [2.05, 4.69) is 14.7 Å². The molecule has 0 fully saturated rings. The molecule has 0 saturated carbocycles. The van der Waals surface area contributed by atoms with Gasteiger partial charge in [0, 0.05) is 23.6 Å². The van der Waals surface area contributed by atoms with E-state index < -0.39 is 21.9 Å². The first-order valence-electron chi connectivity index (χ1n) is 6.42. The van der Waals surface area contributed by atoms with Crippen molar-refractivity contribution in [2.24, 2.45) is 0 Å². The number of H-pyrrole nitrogens is 1. The van der Waals surface area contributed by atoms with Gasteiger partial charge >= 0.3 is 0 Å². The van der Waals surface area contributed by atoms with E-state index in [0.717, 1.165) is 6.07 Å². The van der Waals surface area contributed by atoms with Gasteiger partial charge in [0.15, 0.2) is 0 Å². The van der Waals surface area contributed by atoms with Crippen molar-refractivity contribution >= 4 is 15.7 Å². The lowest BCUT2D eigenvalue weighted by molar-refractivity contribution is 0.536. The molecule has 1 atom stereocenters. The van der Waals surface area contributed by atoms with Crippen LogP contribution in [0.3, 0.4) is 0 Å². The summed E-state index contributed by atoms with van der Waals surface area (Å²) in [4.78, 5) is 6.74. The summed E-state index contributed by atoms with van der Waals surface area (Å²) in [5, 5.41) is 0. The van der Waals surface area contributed by atoms with E-state index in [1.54, 1.807) is 6.20 Å². The molecule has 0 radical (unpaired) electrons. The summed E-state index contributed by atoms with van der Waals surface area (Å²) in [5.41, 5.74) is 5.63. The molecule has 0 saturated heterocycles. The Labute approximate surface area is 122 Å². The minimum atomic E-state index is -3.90. The molecule has 0 aliphatic rings. The number of nitrogen functional groups attached to an aromatic ring is 1. The predicted octanol–water partition coefficient (Wildman–Crippen LogP) is 1.87. The number of nitrogens with zero attached hydrogens (tertiary/aromatic N) is 1. The minimum absolute atomic E-state index is 0.0333. The molecule has 1 aromatic carbocycles. The molecule has 0 bridgehead atoms. The highest BCUT2D eigenvalue weighted by molar-refractivity contribution is 7.89. The van der Waals surface area contributed by atoms with Gasteiger partial charge in [0.2, 0.25) is 10.0 Å². The number of anilines is 1. The van der Waals surface area contributed by atoms with Crippen molar-refractivity contribution in [3.63, 3.8) is 0 Å². The van der Waals surface area contributed by atoms with Crippen molar-refractivity contribution in [2.45, 2.75) is 31.2 Å². The zero-order chi connectivity index (χ0) is 15.6. The molecule has 8 heteroatoms. The summed E-state index contributed by atoms with van der Waals surface area (Å²) in [6, 6.07) is 1.82. The van der Waals surface area contributed by atoms with Crippen LogP contribution in [0.25, 0.3) is 0 Å². The van der Waals surface area contributed by atoms with Crippen LogP contribution >= 0.6 is 0 Å². The third kappa shape index (κ3) is 3.22. The van der Waals surface area contributed by atoms with Crippen LogP contribution < -0.4 is 10.5 Å². The highest BCUT2D eigenvalue weighted by atomic mass is 32.2. The zero-order valence-corrected chi connectivity index (χ0v) is 12.5. The van der Waals surface area contributed by atoms with Crippen molar-refractivity contribution in [1.29, 1.82) is 0 Å². The number of rotatable bonds is 5. The van der Waals surface area contributed by atoms with Crippen LogP contribution in [-0.2, 0) is 10.0 Å². The number of imidazole rings is 1. The predicted molar refractivity (Wildman–Crippen MR) is 77.5 cm³/mol. The number of halogens is 1. The minimum Gasteiger partial charge on any atom is -0.399 e. The number of hydrogen-bond donors (Lipinski definition) is 3. The van der Waals surface area contributed by atoms with Crippen LogP contribution in [0, 0.1) is 12.7 Å². The summed E-state index contributed by atoms with van der Waals surface area (Å²) in [7, 11) is -3.90. The smallest absolute Gasteiger partial charge is 0.241 e. The van der Waals surface area contributed by atoms with Crippen molar-refractivity contribution in [1.82, 2.24) is 14.7 Å². The van der Waals surface area contributed by atoms with E-state index in [1.165, 1.54) is 19.2 Å². The van der Waals surface area contributed by atoms with E-state index in [4.69, 9.17) is 5.73 Å². The third-order valence-electron chi connectivity index (χ3n) is 3.16. The Bertz CT molecular complexity index is 729. The number of benzene rings is 1. The maximum Gasteiger partial charge on any atom is 0.241 e. The Kier molecular flexibility index (Phi) is 4.29. The summed E-state index contributed by atoms with van der Waals surface area (Å²) in [6.45, 7) is 3.22. The Morgan fingerprint density at radius 1 is 1.48 bits per heavy atom. The summed E-state index contributed by atoms with van der Waals surface area (Å²) >= 11 is 0. The molecule has 1 unspecified atom stereocenters. The fourth-order valence-corrected chi connectivity index (χ4v) is 3.58. The summed E-state index contributed by atoms with van der Waals surface area (Å²) in [5.74, 6) is -0.149. The topological polar surface area (TPSA) is 101 Å². The molecule has 2 aromatic rings. The Morgan fingerprint density at radius 3 is 2.76 bits per heavy atom. The van der Waals surface area contributed by atoms with Crippen molar-refractivity contribution in [3.8, 4) is 0 Å². The van der Waals surface area contributed by atoms with Gasteiger partial charge in [-0.25, -0.2) is 22.5 Å². The number of nitrogens with two attached hydrogens (primary N) is 1. The average Bonchev–Trinajstić information content (AvgIpc) is 2.94. The first-order valence-corrected chi connectivity index (χ1v) is 7.90. The maximum absolute atomic E-state index is 13.7. The van der Waals surface area contributed by atoms with Gasteiger partial charge in [0.25, 0.3) is 0 Å². The van der Waals surface area contributed by atoms with Crippen molar-refractivity contribution in [2.75, 3.05) is 5.73 Å². The molecule has 1 aromatic heterocycles. The molecule has 114 valence electrons. The number of sulfonamides is 1. The Balaban J connectivity index is 2.39. The van der Waals surface area contributed by atoms with Crippen LogP contribution in [0.1, 0.15) is 30.8 Å². The van der Waals surface area contributed by atoms with Gasteiger partial charge in [-0.2, -0.15) is 0 Å². The van der Waals surface area contributed by atoms with E-state index in [9.17, 15) is 12.8 Å². The van der Waals surface area contributed by atoms with Crippen molar-refractivity contribution < 1.29 is 12.8 Å². The van der Waals surface area contributed by atoms with Gasteiger partial charge in [0.05, 0.1) is 10.9 Å². The SMILES string of the molecule is CCC(NS(=O)(=O)c1cc(N)cc(F)c1C)c1ncc[nH]1. The molecule has 21 heavy (non-hydrogen) atoms. The second-order valence-corrected chi connectivity index (χ2v) is 6.36. The normalized spacial score (nSPS) is 13.3. The highest BCUT2D eigenvalue weighted by Crippen LogP contribution is 2.24. The fraction of sp³-hybridized carbons (Fsp3) is 0.308.